The molecule has 6 atom stereocenters. The smallest absolute Gasteiger partial charge is 0.462 e. The van der Waals surface area contributed by atoms with Gasteiger partial charge in [0.15, 0.2) is 12.2 Å². The van der Waals surface area contributed by atoms with Crippen LogP contribution in [-0.2, 0) is 65.4 Å². The molecule has 0 heterocycles. The second kappa shape index (κ2) is 64.2. The Kier molecular flexibility index (Phi) is 62.5. The third-order valence-corrected chi connectivity index (χ3v) is 18.8. The quantitative estimate of drug-likeness (QED) is 0.0169. The molecule has 0 radical (unpaired) electrons. The van der Waals surface area contributed by atoms with Crippen molar-refractivity contribution in [2.24, 2.45) is 17.8 Å². The molecular formula is C74H140O17P2. The van der Waals surface area contributed by atoms with Gasteiger partial charge in [0.2, 0.25) is 0 Å². The Morgan fingerprint density at radius 3 is 0.957 bits per heavy atom. The fraction of sp³-hybridized carbons (Fsp3) is 0.892. The minimum atomic E-state index is -4.96. The number of phosphoric acid groups is 2. The van der Waals surface area contributed by atoms with Crippen LogP contribution in [0.25, 0.3) is 0 Å². The number of esters is 4. The molecule has 548 valence electrons. The van der Waals surface area contributed by atoms with Gasteiger partial charge in [-0.3, -0.25) is 37.3 Å². The average Bonchev–Trinajstić information content (AvgIpc) is 2.55. The highest BCUT2D eigenvalue weighted by Gasteiger charge is 2.30. The third-order valence-electron chi connectivity index (χ3n) is 16.9. The normalized spacial score (nSPS) is 14.6. The van der Waals surface area contributed by atoms with Crippen molar-refractivity contribution in [1.29, 1.82) is 0 Å². The van der Waals surface area contributed by atoms with Gasteiger partial charge in [0, 0.05) is 25.7 Å². The van der Waals surface area contributed by atoms with Crippen molar-refractivity contribution in [2.75, 3.05) is 39.6 Å². The molecule has 0 aromatic carbocycles. The van der Waals surface area contributed by atoms with Crippen LogP contribution in [0.1, 0.15) is 350 Å². The lowest BCUT2D eigenvalue weighted by molar-refractivity contribution is -0.161. The summed E-state index contributed by atoms with van der Waals surface area (Å²) >= 11 is 0. The van der Waals surface area contributed by atoms with E-state index >= 15 is 0 Å². The minimum absolute atomic E-state index is 0.0840. The highest BCUT2D eigenvalue weighted by molar-refractivity contribution is 7.47. The second-order valence-electron chi connectivity index (χ2n) is 27.2. The molecular weight excluding hydrogens is 1220 g/mol. The number of carbonyl (C=O) groups is 4. The summed E-state index contributed by atoms with van der Waals surface area (Å²) in [6, 6.07) is 0. The van der Waals surface area contributed by atoms with Gasteiger partial charge in [0.25, 0.3) is 0 Å². The van der Waals surface area contributed by atoms with Gasteiger partial charge in [-0.2, -0.15) is 0 Å². The van der Waals surface area contributed by atoms with E-state index in [4.69, 9.17) is 37.0 Å². The topological polar surface area (TPSA) is 237 Å². The van der Waals surface area contributed by atoms with E-state index in [0.717, 1.165) is 127 Å². The van der Waals surface area contributed by atoms with Gasteiger partial charge in [-0.25, -0.2) is 9.13 Å². The van der Waals surface area contributed by atoms with Crippen LogP contribution in [0, 0.1) is 17.8 Å². The Hall–Kier alpha value is -2.46. The standard InChI is InChI=1S/C74H140O17P2/c1-8-10-11-12-13-14-15-16-17-21-24-27-34-43-50-57-73(78)90-69(61-84-71(76)55-48-41-33-30-29-31-38-45-52-65(3)4)63-88-92(80,81)86-59-68(75)60-87-93(82,83)89-64-70(62-85-72(77)56-49-42-37-36-39-46-53-66(5)6)91-74(79)58-51-44-35-28-25-22-19-18-20-23-26-32-40-47-54-67(7)9-2/h14-17,65-70,75H,8-13,18-64H2,1-7H3,(H,80,81)(H,82,83)/b15-14-,17-16-/t67?,68-,69-,70-/m1/s1. The van der Waals surface area contributed by atoms with E-state index < -0.39 is 97.5 Å². The first kappa shape index (κ1) is 90.5. The highest BCUT2D eigenvalue weighted by atomic mass is 31.2. The summed E-state index contributed by atoms with van der Waals surface area (Å²) < 4.78 is 68.3. The van der Waals surface area contributed by atoms with Crippen LogP contribution >= 0.6 is 15.6 Å². The maximum absolute atomic E-state index is 13.0. The van der Waals surface area contributed by atoms with E-state index in [0.29, 0.717) is 31.6 Å². The summed E-state index contributed by atoms with van der Waals surface area (Å²) in [4.78, 5) is 72.6. The summed E-state index contributed by atoms with van der Waals surface area (Å²) in [5.41, 5.74) is 0. The van der Waals surface area contributed by atoms with Crippen LogP contribution in [-0.4, -0.2) is 96.7 Å². The Morgan fingerprint density at radius 1 is 0.355 bits per heavy atom. The predicted molar refractivity (Wildman–Crippen MR) is 377 cm³/mol. The SMILES string of the molecule is CCCCCC/C=C\C=C/CCCCCCCC(=O)O[C@H](COC(=O)CCCCCCCCCCC(C)C)COP(=O)(O)OC[C@@H](O)COP(=O)(O)OC[C@@H](COC(=O)CCCCCCCCC(C)C)OC(=O)CCCCCCCCCCCCCCCCC(C)CC. The Labute approximate surface area is 567 Å². The van der Waals surface area contributed by atoms with Crippen LogP contribution in [0.2, 0.25) is 0 Å². The van der Waals surface area contributed by atoms with Gasteiger partial charge in [-0.05, 0) is 69.1 Å². The lowest BCUT2D eigenvalue weighted by Crippen LogP contribution is -2.30. The highest BCUT2D eigenvalue weighted by Crippen LogP contribution is 2.45. The molecule has 0 aliphatic heterocycles. The summed E-state index contributed by atoms with van der Waals surface area (Å²) in [6.45, 7) is 11.7. The number of unbranched alkanes of at least 4 members (excludes halogenated alkanes) is 34. The van der Waals surface area contributed by atoms with Gasteiger partial charge in [0.05, 0.1) is 26.4 Å². The monoisotopic (exact) mass is 1360 g/mol. The van der Waals surface area contributed by atoms with Crippen molar-refractivity contribution in [3.8, 4) is 0 Å². The number of hydrogen-bond donors (Lipinski definition) is 3. The number of phosphoric ester groups is 2. The first-order valence-corrected chi connectivity index (χ1v) is 40.7. The van der Waals surface area contributed by atoms with Crippen molar-refractivity contribution in [3.05, 3.63) is 24.3 Å². The van der Waals surface area contributed by atoms with Crippen molar-refractivity contribution in [1.82, 2.24) is 0 Å². The summed E-state index contributed by atoms with van der Waals surface area (Å²) in [7, 11) is -9.92. The molecule has 0 spiro atoms. The molecule has 93 heavy (non-hydrogen) atoms. The summed E-state index contributed by atoms with van der Waals surface area (Å²) in [5.74, 6) is 0.0910. The molecule has 0 fully saturated rings. The molecule has 0 amide bonds. The molecule has 3 unspecified atom stereocenters. The van der Waals surface area contributed by atoms with Crippen molar-refractivity contribution < 1.29 is 80.2 Å². The summed E-state index contributed by atoms with van der Waals surface area (Å²) in [6.07, 6.45) is 52.3. The van der Waals surface area contributed by atoms with E-state index in [2.05, 4.69) is 72.8 Å². The summed E-state index contributed by atoms with van der Waals surface area (Å²) in [5, 5.41) is 10.6. The fourth-order valence-corrected chi connectivity index (χ4v) is 12.3. The van der Waals surface area contributed by atoms with Crippen molar-refractivity contribution >= 4 is 39.5 Å². The number of allylic oxidation sites excluding steroid dienone is 4. The zero-order chi connectivity index (χ0) is 68.7. The van der Waals surface area contributed by atoms with Gasteiger partial charge < -0.3 is 33.8 Å². The lowest BCUT2D eigenvalue weighted by atomic mass is 9.99. The number of carbonyl (C=O) groups excluding carboxylic acids is 4. The largest absolute Gasteiger partial charge is 0.472 e. The first-order chi connectivity index (χ1) is 44.8. The van der Waals surface area contributed by atoms with E-state index in [1.165, 1.54) is 135 Å². The van der Waals surface area contributed by atoms with E-state index in [1.54, 1.807) is 0 Å². The predicted octanol–water partition coefficient (Wildman–Crippen LogP) is 21.0. The van der Waals surface area contributed by atoms with E-state index in [9.17, 15) is 43.2 Å². The molecule has 0 saturated heterocycles. The van der Waals surface area contributed by atoms with Crippen LogP contribution in [0.4, 0.5) is 0 Å². The molecule has 17 nitrogen and oxygen atoms in total. The second-order valence-corrected chi connectivity index (χ2v) is 30.1. The molecule has 0 bridgehead atoms. The molecule has 0 aliphatic carbocycles. The van der Waals surface area contributed by atoms with Gasteiger partial charge in [0.1, 0.15) is 19.3 Å². The number of rotatable bonds is 70. The van der Waals surface area contributed by atoms with Gasteiger partial charge in [-0.15, -0.1) is 0 Å². The van der Waals surface area contributed by atoms with Gasteiger partial charge in [-0.1, -0.05) is 297 Å². The first-order valence-electron chi connectivity index (χ1n) is 37.7. The molecule has 19 heteroatoms. The number of ether oxygens (including phenoxy) is 4. The van der Waals surface area contributed by atoms with Crippen LogP contribution in [0.3, 0.4) is 0 Å². The Balaban J connectivity index is 5.25. The third kappa shape index (κ3) is 66.6. The number of hydrogen-bond acceptors (Lipinski definition) is 15. The Morgan fingerprint density at radius 2 is 0.634 bits per heavy atom. The van der Waals surface area contributed by atoms with E-state index in [-0.39, 0.29) is 25.7 Å². The maximum Gasteiger partial charge on any atom is 0.472 e. The number of aliphatic hydroxyl groups excluding tert-OH is 1. The zero-order valence-electron chi connectivity index (χ0n) is 60.2. The van der Waals surface area contributed by atoms with Crippen LogP contribution < -0.4 is 0 Å². The average molecular weight is 1360 g/mol. The molecule has 0 aromatic rings. The molecule has 3 N–H and O–H groups in total. The molecule has 0 saturated carbocycles. The van der Waals surface area contributed by atoms with Gasteiger partial charge >= 0.3 is 39.5 Å². The zero-order valence-corrected chi connectivity index (χ0v) is 62.0. The maximum atomic E-state index is 13.0. The van der Waals surface area contributed by atoms with Crippen molar-refractivity contribution in [2.45, 2.75) is 369 Å². The van der Waals surface area contributed by atoms with Crippen LogP contribution in [0.5, 0.6) is 0 Å². The molecule has 0 rings (SSSR count). The number of aliphatic hydroxyl groups is 1. The Bertz CT molecular complexity index is 1910. The van der Waals surface area contributed by atoms with Crippen molar-refractivity contribution in [3.63, 3.8) is 0 Å². The molecule has 0 aromatic heterocycles. The fourth-order valence-electron chi connectivity index (χ4n) is 10.7. The lowest BCUT2D eigenvalue weighted by Gasteiger charge is -2.21. The van der Waals surface area contributed by atoms with Crippen LogP contribution in [0.15, 0.2) is 24.3 Å². The van der Waals surface area contributed by atoms with E-state index in [1.807, 2.05) is 0 Å². The molecule has 0 aliphatic rings. The minimum Gasteiger partial charge on any atom is -0.462 e.